The molecular weight excluding hydrogens is 251 g/mol. The quantitative estimate of drug-likeness (QED) is 0.687. The van der Waals surface area contributed by atoms with Gasteiger partial charge in [0, 0.05) is 20.2 Å². The highest BCUT2D eigenvalue weighted by atomic mass is 19.4. The van der Waals surface area contributed by atoms with Crippen molar-refractivity contribution in [2.24, 2.45) is 0 Å². The van der Waals surface area contributed by atoms with Crippen molar-refractivity contribution >= 4 is 0 Å². The van der Waals surface area contributed by atoms with E-state index in [4.69, 9.17) is 9.47 Å². The molecule has 0 bridgehead atoms. The van der Waals surface area contributed by atoms with Crippen LogP contribution in [0.2, 0.25) is 0 Å². The molecule has 0 spiro atoms. The molecule has 0 aliphatic carbocycles. The van der Waals surface area contributed by atoms with E-state index >= 15 is 0 Å². The first-order valence-corrected chi connectivity index (χ1v) is 5.78. The van der Waals surface area contributed by atoms with Crippen LogP contribution in [0.5, 0.6) is 0 Å². The number of halogens is 3. The van der Waals surface area contributed by atoms with Gasteiger partial charge in [-0.2, -0.15) is 13.2 Å². The molecule has 0 aromatic rings. The molecule has 0 saturated carbocycles. The molecule has 0 amide bonds. The number of nitrogens with zero attached hydrogens (tertiary/aromatic N) is 1. The lowest BCUT2D eigenvalue weighted by Crippen LogP contribution is -2.35. The van der Waals surface area contributed by atoms with Gasteiger partial charge in [0.1, 0.15) is 0 Å². The first-order chi connectivity index (χ1) is 8.24. The van der Waals surface area contributed by atoms with Gasteiger partial charge >= 0.3 is 6.18 Å². The van der Waals surface area contributed by atoms with E-state index in [9.17, 15) is 18.3 Å². The minimum absolute atomic E-state index is 0.0842. The third-order valence-electron chi connectivity index (χ3n) is 2.27. The second kappa shape index (κ2) is 8.68. The van der Waals surface area contributed by atoms with E-state index < -0.39 is 18.7 Å². The van der Waals surface area contributed by atoms with Gasteiger partial charge in [-0.3, -0.25) is 0 Å². The van der Waals surface area contributed by atoms with Crippen LogP contribution in [0.4, 0.5) is 13.2 Å². The third kappa shape index (κ3) is 10.8. The summed E-state index contributed by atoms with van der Waals surface area (Å²) < 4.78 is 46.0. The lowest BCUT2D eigenvalue weighted by atomic mass is 10.3. The van der Waals surface area contributed by atoms with Crippen LogP contribution < -0.4 is 0 Å². The van der Waals surface area contributed by atoms with Gasteiger partial charge in [-0.15, -0.1) is 0 Å². The van der Waals surface area contributed by atoms with Gasteiger partial charge in [0.05, 0.1) is 31.8 Å². The Morgan fingerprint density at radius 2 is 1.89 bits per heavy atom. The fourth-order valence-electron chi connectivity index (χ4n) is 1.38. The molecule has 4 nitrogen and oxygen atoms in total. The van der Waals surface area contributed by atoms with E-state index in [1.807, 2.05) is 0 Å². The van der Waals surface area contributed by atoms with Crippen molar-refractivity contribution in [1.82, 2.24) is 4.90 Å². The maximum atomic E-state index is 12.0. The molecule has 2 atom stereocenters. The van der Waals surface area contributed by atoms with E-state index in [1.165, 1.54) is 11.9 Å². The maximum Gasteiger partial charge on any atom is 0.390 e. The standard InChI is InChI=1S/C11H22F3NO3/c1-9(7-17-3)18-8-10(16)6-15(2)5-4-11(12,13)14/h9-10,16H,4-8H2,1-3H3. The third-order valence-corrected chi connectivity index (χ3v) is 2.27. The Labute approximate surface area is 106 Å². The molecule has 0 aromatic heterocycles. The minimum Gasteiger partial charge on any atom is -0.389 e. The van der Waals surface area contributed by atoms with Crippen LogP contribution in [0, 0.1) is 0 Å². The Morgan fingerprint density at radius 1 is 1.28 bits per heavy atom. The molecule has 0 aliphatic rings. The largest absolute Gasteiger partial charge is 0.390 e. The molecular formula is C11H22F3NO3. The number of aliphatic hydroxyl groups excluding tert-OH is 1. The summed E-state index contributed by atoms with van der Waals surface area (Å²) in [6.45, 7) is 2.31. The molecule has 0 aromatic carbocycles. The second-order valence-corrected chi connectivity index (χ2v) is 4.38. The minimum atomic E-state index is -4.16. The Morgan fingerprint density at radius 3 is 2.39 bits per heavy atom. The van der Waals surface area contributed by atoms with E-state index in [-0.39, 0.29) is 25.8 Å². The number of aliphatic hydroxyl groups is 1. The molecule has 0 radical (unpaired) electrons. The number of methoxy groups -OCH3 is 1. The second-order valence-electron chi connectivity index (χ2n) is 4.38. The molecule has 1 N–H and O–H groups in total. The van der Waals surface area contributed by atoms with Crippen molar-refractivity contribution in [3.63, 3.8) is 0 Å². The predicted molar refractivity (Wildman–Crippen MR) is 61.5 cm³/mol. The highest BCUT2D eigenvalue weighted by Gasteiger charge is 2.27. The number of rotatable bonds is 9. The summed E-state index contributed by atoms with van der Waals surface area (Å²) in [5, 5.41) is 9.58. The lowest BCUT2D eigenvalue weighted by molar-refractivity contribution is -0.138. The Kier molecular flexibility index (Phi) is 8.51. The Bertz CT molecular complexity index is 214. The molecule has 18 heavy (non-hydrogen) atoms. The summed E-state index contributed by atoms with van der Waals surface area (Å²) in [5.74, 6) is 0. The van der Waals surface area contributed by atoms with Gasteiger partial charge in [0.25, 0.3) is 0 Å². The Hall–Kier alpha value is -0.370. The van der Waals surface area contributed by atoms with Gasteiger partial charge in [0.15, 0.2) is 0 Å². The van der Waals surface area contributed by atoms with Crippen LogP contribution >= 0.6 is 0 Å². The lowest BCUT2D eigenvalue weighted by Gasteiger charge is -2.22. The van der Waals surface area contributed by atoms with E-state index in [0.717, 1.165) is 0 Å². The number of likely N-dealkylation sites (N-methyl/N-ethyl adjacent to an activating group) is 1. The van der Waals surface area contributed by atoms with Gasteiger partial charge in [0.2, 0.25) is 0 Å². The van der Waals surface area contributed by atoms with Gasteiger partial charge in [-0.25, -0.2) is 0 Å². The molecule has 0 saturated heterocycles. The Balaban J connectivity index is 3.70. The summed E-state index contributed by atoms with van der Waals surface area (Å²) in [4.78, 5) is 1.43. The van der Waals surface area contributed by atoms with Crippen molar-refractivity contribution in [2.75, 3.05) is 40.5 Å². The van der Waals surface area contributed by atoms with Gasteiger partial charge in [-0.05, 0) is 14.0 Å². The van der Waals surface area contributed by atoms with Crippen molar-refractivity contribution in [3.05, 3.63) is 0 Å². The summed E-state index contributed by atoms with van der Waals surface area (Å²) in [5.41, 5.74) is 0. The highest BCUT2D eigenvalue weighted by molar-refractivity contribution is 4.63. The highest BCUT2D eigenvalue weighted by Crippen LogP contribution is 2.19. The zero-order valence-corrected chi connectivity index (χ0v) is 11.0. The van der Waals surface area contributed by atoms with Crippen molar-refractivity contribution in [3.8, 4) is 0 Å². The van der Waals surface area contributed by atoms with E-state index in [1.54, 1.807) is 14.0 Å². The molecule has 0 aliphatic heterocycles. The van der Waals surface area contributed by atoms with Gasteiger partial charge in [-0.1, -0.05) is 0 Å². The van der Waals surface area contributed by atoms with Crippen LogP contribution in [0.15, 0.2) is 0 Å². The molecule has 0 fully saturated rings. The molecule has 2 unspecified atom stereocenters. The SMILES string of the molecule is COCC(C)OCC(O)CN(C)CCC(F)(F)F. The van der Waals surface area contributed by atoms with Crippen LogP contribution in [-0.2, 0) is 9.47 Å². The van der Waals surface area contributed by atoms with E-state index in [2.05, 4.69) is 0 Å². The van der Waals surface area contributed by atoms with Crippen LogP contribution in [0.1, 0.15) is 13.3 Å². The van der Waals surface area contributed by atoms with Crippen molar-refractivity contribution < 1.29 is 27.8 Å². The fraction of sp³-hybridized carbons (Fsp3) is 1.00. The maximum absolute atomic E-state index is 12.0. The number of hydrogen-bond donors (Lipinski definition) is 1. The first kappa shape index (κ1) is 17.6. The van der Waals surface area contributed by atoms with Crippen LogP contribution in [-0.4, -0.2) is 68.9 Å². The summed E-state index contributed by atoms with van der Waals surface area (Å²) in [6.07, 6.45) is -5.99. The summed E-state index contributed by atoms with van der Waals surface area (Å²) in [6, 6.07) is 0. The number of alkyl halides is 3. The topological polar surface area (TPSA) is 41.9 Å². The molecule has 0 rings (SSSR count). The zero-order valence-electron chi connectivity index (χ0n) is 11.0. The number of hydrogen-bond acceptors (Lipinski definition) is 4. The van der Waals surface area contributed by atoms with Crippen molar-refractivity contribution in [1.29, 1.82) is 0 Å². The summed E-state index contributed by atoms with van der Waals surface area (Å²) in [7, 11) is 3.08. The fourth-order valence-corrected chi connectivity index (χ4v) is 1.38. The summed E-state index contributed by atoms with van der Waals surface area (Å²) >= 11 is 0. The van der Waals surface area contributed by atoms with Gasteiger partial charge < -0.3 is 19.5 Å². The average molecular weight is 273 g/mol. The molecule has 110 valence electrons. The smallest absolute Gasteiger partial charge is 0.389 e. The van der Waals surface area contributed by atoms with E-state index in [0.29, 0.717) is 6.61 Å². The molecule has 7 heteroatoms. The zero-order chi connectivity index (χ0) is 14.2. The van der Waals surface area contributed by atoms with Crippen LogP contribution in [0.25, 0.3) is 0 Å². The monoisotopic (exact) mass is 273 g/mol. The number of ether oxygens (including phenoxy) is 2. The normalized spacial score (nSPS) is 16.0. The van der Waals surface area contributed by atoms with Crippen LogP contribution in [0.3, 0.4) is 0 Å². The van der Waals surface area contributed by atoms with Crippen molar-refractivity contribution in [2.45, 2.75) is 31.7 Å². The molecule has 0 heterocycles. The average Bonchev–Trinajstić information content (AvgIpc) is 2.23. The first-order valence-electron chi connectivity index (χ1n) is 5.78. The predicted octanol–water partition coefficient (Wildman–Crippen LogP) is 1.28.